The number of pyridine rings is 1. The molecule has 0 radical (unpaired) electrons. The van der Waals surface area contributed by atoms with E-state index in [0.29, 0.717) is 11.3 Å². The Morgan fingerprint density at radius 2 is 1.89 bits per heavy atom. The molecule has 0 saturated carbocycles. The second kappa shape index (κ2) is 4.96. The Balaban J connectivity index is 2.32. The first kappa shape index (κ1) is 12.9. The van der Waals surface area contributed by atoms with Gasteiger partial charge in [0, 0.05) is 18.1 Å². The van der Waals surface area contributed by atoms with Crippen LogP contribution in [0.1, 0.15) is 5.56 Å². The highest BCUT2D eigenvalue weighted by molar-refractivity contribution is 7.92. The summed E-state index contributed by atoms with van der Waals surface area (Å²) in [7, 11) is -3.78. The van der Waals surface area contributed by atoms with Crippen LogP contribution in [0.5, 0.6) is 0 Å². The SMILES string of the molecule is N#Cc1ccc(NS(=O)(=O)c2cnccc2N)cc1. The summed E-state index contributed by atoms with van der Waals surface area (Å²) in [6, 6.07) is 9.40. The average Bonchev–Trinajstić information content (AvgIpc) is 2.39. The summed E-state index contributed by atoms with van der Waals surface area (Å²) in [6.07, 6.45) is 2.59. The monoisotopic (exact) mass is 274 g/mol. The van der Waals surface area contributed by atoms with Crippen molar-refractivity contribution in [2.24, 2.45) is 0 Å². The lowest BCUT2D eigenvalue weighted by atomic mass is 10.2. The van der Waals surface area contributed by atoms with Crippen molar-refractivity contribution in [1.29, 1.82) is 5.26 Å². The molecule has 0 fully saturated rings. The molecule has 6 nitrogen and oxygen atoms in total. The predicted octanol–water partition coefficient (Wildman–Crippen LogP) is 1.34. The number of anilines is 2. The maximum atomic E-state index is 12.1. The van der Waals surface area contributed by atoms with Crippen molar-refractivity contribution in [1.82, 2.24) is 4.98 Å². The number of hydrogen-bond donors (Lipinski definition) is 2. The number of nitrogens with one attached hydrogen (secondary N) is 1. The maximum absolute atomic E-state index is 12.1. The topological polar surface area (TPSA) is 109 Å². The Morgan fingerprint density at radius 3 is 2.47 bits per heavy atom. The normalized spacial score (nSPS) is 10.7. The van der Waals surface area contributed by atoms with Gasteiger partial charge in [-0.1, -0.05) is 0 Å². The first-order valence-corrected chi connectivity index (χ1v) is 6.74. The number of sulfonamides is 1. The van der Waals surface area contributed by atoms with Crippen molar-refractivity contribution in [3.05, 3.63) is 48.3 Å². The van der Waals surface area contributed by atoms with Gasteiger partial charge in [0.1, 0.15) is 4.90 Å². The summed E-state index contributed by atoms with van der Waals surface area (Å²) in [5.74, 6) is 0. The number of nitrogens with zero attached hydrogens (tertiary/aromatic N) is 2. The van der Waals surface area contributed by atoms with E-state index in [2.05, 4.69) is 9.71 Å². The van der Waals surface area contributed by atoms with Gasteiger partial charge in [0.05, 0.1) is 17.3 Å². The van der Waals surface area contributed by atoms with E-state index in [1.54, 1.807) is 0 Å². The molecule has 0 spiro atoms. The number of nitriles is 1. The van der Waals surface area contributed by atoms with Crippen molar-refractivity contribution in [2.75, 3.05) is 10.5 Å². The molecule has 1 aromatic heterocycles. The molecule has 7 heteroatoms. The average molecular weight is 274 g/mol. The van der Waals surface area contributed by atoms with E-state index in [1.165, 1.54) is 42.7 Å². The minimum atomic E-state index is -3.78. The van der Waals surface area contributed by atoms with Crippen molar-refractivity contribution in [3.8, 4) is 6.07 Å². The molecule has 0 aliphatic rings. The Labute approximate surface area is 110 Å². The van der Waals surface area contributed by atoms with E-state index in [1.807, 2.05) is 6.07 Å². The third-order valence-corrected chi connectivity index (χ3v) is 3.80. The van der Waals surface area contributed by atoms with Crippen LogP contribution in [0, 0.1) is 11.3 Å². The lowest BCUT2D eigenvalue weighted by molar-refractivity contribution is 0.601. The van der Waals surface area contributed by atoms with E-state index < -0.39 is 10.0 Å². The quantitative estimate of drug-likeness (QED) is 0.877. The zero-order valence-corrected chi connectivity index (χ0v) is 10.6. The summed E-state index contributed by atoms with van der Waals surface area (Å²) in [4.78, 5) is 3.65. The van der Waals surface area contributed by atoms with E-state index in [9.17, 15) is 8.42 Å². The van der Waals surface area contributed by atoms with Gasteiger partial charge in [-0.25, -0.2) is 8.42 Å². The van der Waals surface area contributed by atoms with E-state index in [4.69, 9.17) is 11.0 Å². The van der Waals surface area contributed by atoms with Gasteiger partial charge in [-0.3, -0.25) is 9.71 Å². The second-order valence-corrected chi connectivity index (χ2v) is 5.36. The Kier molecular flexibility index (Phi) is 3.35. The van der Waals surface area contributed by atoms with Gasteiger partial charge >= 0.3 is 0 Å². The molecule has 96 valence electrons. The third-order valence-electron chi connectivity index (χ3n) is 2.37. The van der Waals surface area contributed by atoms with Crippen LogP contribution >= 0.6 is 0 Å². The molecule has 2 aromatic rings. The molecule has 19 heavy (non-hydrogen) atoms. The van der Waals surface area contributed by atoms with E-state index in [-0.39, 0.29) is 10.6 Å². The van der Waals surface area contributed by atoms with Gasteiger partial charge in [0.2, 0.25) is 0 Å². The maximum Gasteiger partial charge on any atom is 0.265 e. The van der Waals surface area contributed by atoms with Gasteiger partial charge in [-0.15, -0.1) is 0 Å². The number of rotatable bonds is 3. The van der Waals surface area contributed by atoms with Crippen LogP contribution in [0.25, 0.3) is 0 Å². The van der Waals surface area contributed by atoms with Crippen LogP contribution in [0.4, 0.5) is 11.4 Å². The third kappa shape index (κ3) is 2.81. The number of aromatic nitrogens is 1. The van der Waals surface area contributed by atoms with Gasteiger partial charge in [-0.2, -0.15) is 5.26 Å². The summed E-state index contributed by atoms with van der Waals surface area (Å²) >= 11 is 0. The lowest BCUT2D eigenvalue weighted by Crippen LogP contribution is -2.15. The van der Waals surface area contributed by atoms with Gasteiger partial charge in [0.25, 0.3) is 10.0 Å². The molecule has 0 unspecified atom stereocenters. The first-order valence-electron chi connectivity index (χ1n) is 5.25. The molecule has 0 saturated heterocycles. The Hall–Kier alpha value is -2.59. The minimum absolute atomic E-state index is 0.0839. The van der Waals surface area contributed by atoms with Crippen molar-refractivity contribution in [2.45, 2.75) is 4.90 Å². The van der Waals surface area contributed by atoms with Crippen LogP contribution in [0.15, 0.2) is 47.6 Å². The van der Waals surface area contributed by atoms with Crippen molar-refractivity contribution >= 4 is 21.4 Å². The van der Waals surface area contributed by atoms with Crippen molar-refractivity contribution < 1.29 is 8.42 Å². The highest BCUT2D eigenvalue weighted by Gasteiger charge is 2.17. The number of nitrogen functional groups attached to an aromatic ring is 1. The molecule has 1 heterocycles. The van der Waals surface area contributed by atoms with Crippen LogP contribution in [-0.2, 0) is 10.0 Å². The molecule has 0 atom stereocenters. The van der Waals surface area contributed by atoms with Gasteiger partial charge in [-0.05, 0) is 30.3 Å². The van der Waals surface area contributed by atoms with Crippen LogP contribution in [0.2, 0.25) is 0 Å². The van der Waals surface area contributed by atoms with E-state index >= 15 is 0 Å². The highest BCUT2D eigenvalue weighted by Crippen LogP contribution is 2.20. The largest absolute Gasteiger partial charge is 0.398 e. The van der Waals surface area contributed by atoms with E-state index in [0.717, 1.165) is 0 Å². The fraction of sp³-hybridized carbons (Fsp3) is 0. The molecule has 3 N–H and O–H groups in total. The molecular formula is C12H10N4O2S. The van der Waals surface area contributed by atoms with Crippen molar-refractivity contribution in [3.63, 3.8) is 0 Å². The molecular weight excluding hydrogens is 264 g/mol. The van der Waals surface area contributed by atoms with Crippen LogP contribution in [-0.4, -0.2) is 13.4 Å². The number of hydrogen-bond acceptors (Lipinski definition) is 5. The summed E-state index contributed by atoms with van der Waals surface area (Å²) in [5, 5.41) is 8.66. The summed E-state index contributed by atoms with van der Waals surface area (Å²) in [5.41, 5.74) is 6.52. The number of nitrogens with two attached hydrogens (primary N) is 1. The molecule has 0 bridgehead atoms. The zero-order valence-electron chi connectivity index (χ0n) is 9.74. The Morgan fingerprint density at radius 1 is 1.21 bits per heavy atom. The molecule has 2 rings (SSSR count). The minimum Gasteiger partial charge on any atom is -0.398 e. The molecule has 0 amide bonds. The lowest BCUT2D eigenvalue weighted by Gasteiger charge is -2.09. The first-order chi connectivity index (χ1) is 9.03. The van der Waals surface area contributed by atoms with Crippen LogP contribution in [0.3, 0.4) is 0 Å². The van der Waals surface area contributed by atoms with Crippen LogP contribution < -0.4 is 10.5 Å². The summed E-state index contributed by atoms with van der Waals surface area (Å²) < 4.78 is 26.5. The van der Waals surface area contributed by atoms with Gasteiger partial charge < -0.3 is 5.73 Å². The molecule has 1 aromatic carbocycles. The second-order valence-electron chi connectivity index (χ2n) is 3.71. The molecule has 0 aliphatic carbocycles. The van der Waals surface area contributed by atoms with Gasteiger partial charge in [0.15, 0.2) is 0 Å². The standard InChI is InChI=1S/C12H10N4O2S/c13-7-9-1-3-10(4-2-9)16-19(17,18)12-8-15-6-5-11(12)14/h1-6,8,16H,(H2,14,15). The highest BCUT2D eigenvalue weighted by atomic mass is 32.2. The Bertz CT molecular complexity index is 733. The fourth-order valence-electron chi connectivity index (χ4n) is 1.44. The smallest absolute Gasteiger partial charge is 0.265 e. The zero-order chi connectivity index (χ0) is 13.9. The molecule has 0 aliphatic heterocycles. The predicted molar refractivity (Wildman–Crippen MR) is 70.6 cm³/mol. The summed E-state index contributed by atoms with van der Waals surface area (Å²) in [6.45, 7) is 0. The number of benzene rings is 1. The fourth-order valence-corrected chi connectivity index (χ4v) is 2.57.